The first-order chi connectivity index (χ1) is 13.0. The number of hydrogen-bond acceptors (Lipinski definition) is 6. The number of halogens is 1. The molecule has 9 heteroatoms. The van der Waals surface area contributed by atoms with Gasteiger partial charge in [-0.1, -0.05) is 11.6 Å². The van der Waals surface area contributed by atoms with Crippen molar-refractivity contribution in [3.05, 3.63) is 39.3 Å². The van der Waals surface area contributed by atoms with E-state index in [1.807, 2.05) is 10.3 Å². The Morgan fingerprint density at radius 2 is 2.26 bits per heavy atom. The van der Waals surface area contributed by atoms with Crippen LogP contribution in [0.1, 0.15) is 34.1 Å². The molecule has 1 fully saturated rings. The molecule has 7 nitrogen and oxygen atoms in total. The minimum Gasteiger partial charge on any atom is -0.493 e. The summed E-state index contributed by atoms with van der Waals surface area (Å²) in [5.41, 5.74) is 5.50. The van der Waals surface area contributed by atoms with Crippen molar-refractivity contribution >= 4 is 34.8 Å². The summed E-state index contributed by atoms with van der Waals surface area (Å²) in [6, 6.07) is 3.09. The summed E-state index contributed by atoms with van der Waals surface area (Å²) in [4.78, 5) is 30.1. The predicted octanol–water partition coefficient (Wildman–Crippen LogP) is 2.69. The lowest BCUT2D eigenvalue weighted by Crippen LogP contribution is -2.39. The van der Waals surface area contributed by atoms with Gasteiger partial charge in [-0.2, -0.15) is 0 Å². The molecule has 1 unspecified atom stereocenters. The lowest BCUT2D eigenvalue weighted by Gasteiger charge is -2.32. The maximum absolute atomic E-state index is 13.0. The lowest BCUT2D eigenvalue weighted by molar-refractivity contribution is -0.119. The highest BCUT2D eigenvalue weighted by molar-refractivity contribution is 7.09. The second-order valence-electron chi connectivity index (χ2n) is 6.21. The number of ether oxygens (including phenoxy) is 2. The van der Waals surface area contributed by atoms with Gasteiger partial charge in [-0.25, -0.2) is 4.98 Å². The number of aromatic nitrogens is 1. The van der Waals surface area contributed by atoms with Crippen molar-refractivity contribution < 1.29 is 19.1 Å². The van der Waals surface area contributed by atoms with Gasteiger partial charge in [0.05, 0.1) is 17.1 Å². The summed E-state index contributed by atoms with van der Waals surface area (Å²) >= 11 is 7.87. The molecule has 2 amide bonds. The van der Waals surface area contributed by atoms with Crippen LogP contribution < -0.4 is 15.2 Å². The van der Waals surface area contributed by atoms with Gasteiger partial charge in [0.15, 0.2) is 18.1 Å². The highest BCUT2D eigenvalue weighted by Crippen LogP contribution is 2.37. The van der Waals surface area contributed by atoms with Crippen LogP contribution in [0.3, 0.4) is 0 Å². The van der Waals surface area contributed by atoms with E-state index >= 15 is 0 Å². The Hall–Kier alpha value is -2.32. The molecule has 144 valence electrons. The highest BCUT2D eigenvalue weighted by atomic mass is 35.5. The molecule has 0 radical (unpaired) electrons. The van der Waals surface area contributed by atoms with Crippen LogP contribution in [0, 0.1) is 0 Å². The number of carbonyl (C=O) groups is 2. The number of rotatable bonds is 6. The summed E-state index contributed by atoms with van der Waals surface area (Å²) in [6.45, 7) is 0.970. The average Bonchev–Trinajstić information content (AvgIpc) is 3.20. The second-order valence-corrected chi connectivity index (χ2v) is 7.54. The molecule has 0 saturated carbocycles. The second kappa shape index (κ2) is 8.58. The third-order valence-corrected chi connectivity index (χ3v) is 5.56. The molecular formula is C18H20ClN3O4S. The van der Waals surface area contributed by atoms with Crippen LogP contribution >= 0.6 is 22.9 Å². The fraction of sp³-hybridized carbons (Fsp3) is 0.389. The Balaban J connectivity index is 1.79. The number of thiazole rings is 1. The fourth-order valence-corrected chi connectivity index (χ4v) is 4.14. The summed E-state index contributed by atoms with van der Waals surface area (Å²) in [7, 11) is 1.44. The third-order valence-electron chi connectivity index (χ3n) is 4.34. The fourth-order valence-electron chi connectivity index (χ4n) is 3.11. The number of benzene rings is 1. The third kappa shape index (κ3) is 4.51. The maximum atomic E-state index is 13.0. The van der Waals surface area contributed by atoms with E-state index < -0.39 is 5.91 Å². The van der Waals surface area contributed by atoms with E-state index in [1.54, 1.807) is 23.6 Å². The van der Waals surface area contributed by atoms with Crippen LogP contribution in [-0.2, 0) is 4.79 Å². The number of piperidine rings is 1. The first-order valence-electron chi connectivity index (χ1n) is 8.47. The molecule has 1 aliphatic heterocycles. The Morgan fingerprint density at radius 3 is 2.93 bits per heavy atom. The molecule has 27 heavy (non-hydrogen) atoms. The Bertz CT molecular complexity index is 828. The zero-order valence-electron chi connectivity index (χ0n) is 14.8. The summed E-state index contributed by atoms with van der Waals surface area (Å²) in [6.07, 6.45) is 3.72. The minimum atomic E-state index is -0.630. The molecule has 1 aromatic carbocycles. The quantitative estimate of drug-likeness (QED) is 0.791. The Labute approximate surface area is 166 Å². The van der Waals surface area contributed by atoms with Gasteiger partial charge >= 0.3 is 0 Å². The van der Waals surface area contributed by atoms with E-state index in [0.717, 1.165) is 17.8 Å². The normalized spacial score (nSPS) is 16.8. The van der Waals surface area contributed by atoms with Crippen molar-refractivity contribution in [2.75, 3.05) is 26.8 Å². The maximum Gasteiger partial charge on any atom is 0.255 e. The Kier molecular flexibility index (Phi) is 6.18. The molecule has 0 aliphatic carbocycles. The van der Waals surface area contributed by atoms with E-state index in [9.17, 15) is 9.59 Å². The molecule has 2 heterocycles. The van der Waals surface area contributed by atoms with E-state index in [0.29, 0.717) is 18.7 Å². The molecule has 1 saturated heterocycles. The number of carbonyl (C=O) groups excluding carboxylic acids is 2. The van der Waals surface area contributed by atoms with Crippen LogP contribution in [0.25, 0.3) is 0 Å². The van der Waals surface area contributed by atoms with Crippen molar-refractivity contribution in [2.24, 2.45) is 5.73 Å². The van der Waals surface area contributed by atoms with E-state index in [4.69, 9.17) is 26.8 Å². The van der Waals surface area contributed by atoms with Gasteiger partial charge in [-0.3, -0.25) is 9.59 Å². The van der Waals surface area contributed by atoms with Gasteiger partial charge < -0.3 is 20.1 Å². The first kappa shape index (κ1) is 19.4. The topological polar surface area (TPSA) is 94.8 Å². The van der Waals surface area contributed by atoms with Crippen molar-refractivity contribution in [1.82, 2.24) is 9.88 Å². The smallest absolute Gasteiger partial charge is 0.255 e. The molecule has 1 aliphatic rings. The molecule has 1 atom stereocenters. The van der Waals surface area contributed by atoms with Crippen LogP contribution in [0.15, 0.2) is 23.7 Å². The van der Waals surface area contributed by atoms with Crippen LogP contribution in [0.4, 0.5) is 0 Å². The number of nitrogens with zero attached hydrogens (tertiary/aromatic N) is 2. The van der Waals surface area contributed by atoms with Gasteiger partial charge in [-0.05, 0) is 25.0 Å². The number of nitrogens with two attached hydrogens (primary N) is 1. The van der Waals surface area contributed by atoms with Gasteiger partial charge in [0.25, 0.3) is 11.8 Å². The van der Waals surface area contributed by atoms with E-state index in [-0.39, 0.29) is 35.0 Å². The highest BCUT2D eigenvalue weighted by Gasteiger charge is 2.28. The van der Waals surface area contributed by atoms with Gasteiger partial charge in [0.1, 0.15) is 0 Å². The molecule has 0 spiro atoms. The van der Waals surface area contributed by atoms with Gasteiger partial charge in [-0.15, -0.1) is 11.3 Å². The van der Waals surface area contributed by atoms with E-state index in [2.05, 4.69) is 4.98 Å². The molecular weight excluding hydrogens is 390 g/mol. The van der Waals surface area contributed by atoms with Crippen LogP contribution in [0.5, 0.6) is 11.5 Å². The van der Waals surface area contributed by atoms with Gasteiger partial charge in [0.2, 0.25) is 0 Å². The largest absolute Gasteiger partial charge is 0.493 e. The first-order valence-corrected chi connectivity index (χ1v) is 9.72. The number of methoxy groups -OCH3 is 1. The summed E-state index contributed by atoms with van der Waals surface area (Å²) in [5.74, 6) is -0.0413. The van der Waals surface area contributed by atoms with E-state index in [1.165, 1.54) is 13.2 Å². The number of hydrogen-bond donors (Lipinski definition) is 1. The summed E-state index contributed by atoms with van der Waals surface area (Å²) < 4.78 is 10.6. The average molecular weight is 410 g/mol. The molecule has 1 aromatic heterocycles. The monoisotopic (exact) mass is 409 g/mol. The molecule has 2 N–H and O–H groups in total. The lowest BCUT2D eigenvalue weighted by atomic mass is 9.98. The summed E-state index contributed by atoms with van der Waals surface area (Å²) in [5, 5.41) is 3.19. The standard InChI is InChI=1S/C18H20ClN3O4S/c1-25-14-8-12(7-13(19)16(14)26-10-15(20)23)18(24)22-5-2-3-11(9-22)17-21-4-6-27-17/h4,6-8,11H,2-3,5,9-10H2,1H3,(H2,20,23). The van der Waals surface area contributed by atoms with Crippen molar-refractivity contribution in [3.8, 4) is 11.5 Å². The number of likely N-dealkylation sites (tertiary alicyclic amines) is 1. The Morgan fingerprint density at radius 1 is 1.44 bits per heavy atom. The van der Waals surface area contributed by atoms with Crippen LogP contribution in [-0.4, -0.2) is 48.5 Å². The molecule has 3 rings (SSSR count). The van der Waals surface area contributed by atoms with Crippen molar-refractivity contribution in [3.63, 3.8) is 0 Å². The van der Waals surface area contributed by atoms with Crippen LogP contribution in [0.2, 0.25) is 5.02 Å². The van der Waals surface area contributed by atoms with Crippen molar-refractivity contribution in [2.45, 2.75) is 18.8 Å². The SMILES string of the molecule is COc1cc(C(=O)N2CCCC(c3nccs3)C2)cc(Cl)c1OCC(N)=O. The number of amides is 2. The molecule has 2 aromatic rings. The predicted molar refractivity (Wildman–Crippen MR) is 103 cm³/mol. The van der Waals surface area contributed by atoms with Gasteiger partial charge in [0, 0.05) is 36.1 Å². The zero-order chi connectivity index (χ0) is 19.4. The molecule has 0 bridgehead atoms. The van der Waals surface area contributed by atoms with Crippen molar-refractivity contribution in [1.29, 1.82) is 0 Å². The zero-order valence-corrected chi connectivity index (χ0v) is 16.4. The minimum absolute atomic E-state index is 0.127. The number of primary amides is 1.